The Kier molecular flexibility index (Phi) is 8.69. The maximum absolute atomic E-state index is 13.4. The first-order valence-corrected chi connectivity index (χ1v) is 12.5. The van der Waals surface area contributed by atoms with Crippen molar-refractivity contribution in [3.05, 3.63) is 64.2 Å². The summed E-state index contributed by atoms with van der Waals surface area (Å²) in [5, 5.41) is 3.09. The number of carbonyl (C=O) groups excluding carboxylic acids is 2. The molecule has 2 aromatic carbocycles. The zero-order valence-corrected chi connectivity index (χ0v) is 20.6. The summed E-state index contributed by atoms with van der Waals surface area (Å²) in [6.07, 6.45) is 1.04. The Bertz CT molecular complexity index is 1090. The van der Waals surface area contributed by atoms with Gasteiger partial charge in [-0.1, -0.05) is 41.9 Å². The number of hydrogen-bond acceptors (Lipinski definition) is 4. The molecule has 0 saturated heterocycles. The van der Waals surface area contributed by atoms with Crippen molar-refractivity contribution in [3.63, 3.8) is 0 Å². The van der Waals surface area contributed by atoms with Gasteiger partial charge >= 0.3 is 0 Å². The van der Waals surface area contributed by atoms with Crippen molar-refractivity contribution in [1.82, 2.24) is 10.2 Å². The second-order valence-corrected chi connectivity index (χ2v) is 10.1. The molecule has 9 heteroatoms. The van der Waals surface area contributed by atoms with Crippen LogP contribution in [0.4, 0.5) is 5.69 Å². The molecule has 0 bridgehead atoms. The van der Waals surface area contributed by atoms with Crippen LogP contribution >= 0.6 is 11.6 Å². The molecular formula is C23H30ClN3O4S. The lowest BCUT2D eigenvalue weighted by atomic mass is 10.1. The van der Waals surface area contributed by atoms with Crippen LogP contribution in [-0.4, -0.2) is 50.5 Å². The van der Waals surface area contributed by atoms with Gasteiger partial charge in [0.05, 0.1) is 11.9 Å². The number of likely N-dealkylation sites (N-methyl/N-ethyl adjacent to an activating group) is 1. The van der Waals surface area contributed by atoms with E-state index in [-0.39, 0.29) is 12.5 Å². The van der Waals surface area contributed by atoms with Crippen LogP contribution in [0.25, 0.3) is 0 Å². The summed E-state index contributed by atoms with van der Waals surface area (Å²) in [7, 11) is -3.80. The standard InChI is InChI=1S/C23H30ClN3O4S/c1-6-25-23(29)18(4)26(14-19-10-8-7-9-16(19)2)22(28)15-27(32(5,30)31)21-13-20(24)12-11-17(21)3/h7-13,18H,6,14-15H2,1-5H3,(H,25,29)/t18-/m0/s1. The number of amides is 2. The molecule has 0 unspecified atom stereocenters. The van der Waals surface area contributed by atoms with Gasteiger partial charge in [-0.25, -0.2) is 8.42 Å². The average molecular weight is 480 g/mol. The van der Waals surface area contributed by atoms with E-state index >= 15 is 0 Å². The summed E-state index contributed by atoms with van der Waals surface area (Å²) in [6, 6.07) is 11.6. The maximum atomic E-state index is 13.4. The molecule has 0 saturated carbocycles. The number of sulfonamides is 1. The zero-order valence-electron chi connectivity index (χ0n) is 19.1. The van der Waals surface area contributed by atoms with Gasteiger partial charge in [0.2, 0.25) is 21.8 Å². The Balaban J connectivity index is 2.45. The zero-order chi connectivity index (χ0) is 24.1. The van der Waals surface area contributed by atoms with Gasteiger partial charge in [0.15, 0.2) is 0 Å². The van der Waals surface area contributed by atoms with Crippen molar-refractivity contribution in [2.75, 3.05) is 23.7 Å². The fourth-order valence-corrected chi connectivity index (χ4v) is 4.39. The van der Waals surface area contributed by atoms with Crippen molar-refractivity contribution in [2.24, 2.45) is 0 Å². The fourth-order valence-electron chi connectivity index (χ4n) is 3.32. The topological polar surface area (TPSA) is 86.8 Å². The lowest BCUT2D eigenvalue weighted by Gasteiger charge is -2.32. The molecule has 0 aliphatic rings. The Morgan fingerprint density at radius 3 is 2.34 bits per heavy atom. The van der Waals surface area contributed by atoms with E-state index in [2.05, 4.69) is 5.32 Å². The second-order valence-electron chi connectivity index (χ2n) is 7.72. The van der Waals surface area contributed by atoms with Gasteiger partial charge < -0.3 is 10.2 Å². The van der Waals surface area contributed by atoms with E-state index in [9.17, 15) is 18.0 Å². The number of aryl methyl sites for hydroxylation is 2. The highest BCUT2D eigenvalue weighted by atomic mass is 35.5. The van der Waals surface area contributed by atoms with E-state index < -0.39 is 28.5 Å². The number of rotatable bonds is 9. The maximum Gasteiger partial charge on any atom is 0.244 e. The summed E-state index contributed by atoms with van der Waals surface area (Å²) in [4.78, 5) is 27.4. The van der Waals surface area contributed by atoms with Crippen LogP contribution in [0.2, 0.25) is 5.02 Å². The molecular weight excluding hydrogens is 450 g/mol. The number of halogens is 1. The third-order valence-corrected chi connectivity index (χ3v) is 6.60. The summed E-state index contributed by atoms with van der Waals surface area (Å²) in [6.45, 7) is 7.25. The molecule has 0 aliphatic carbocycles. The minimum Gasteiger partial charge on any atom is -0.355 e. The third kappa shape index (κ3) is 6.46. The van der Waals surface area contributed by atoms with Gasteiger partial charge in [-0.15, -0.1) is 0 Å². The second kappa shape index (κ2) is 10.8. The van der Waals surface area contributed by atoms with Crippen LogP contribution in [0, 0.1) is 13.8 Å². The van der Waals surface area contributed by atoms with Gasteiger partial charge in [0.1, 0.15) is 12.6 Å². The molecule has 2 amide bonds. The summed E-state index contributed by atoms with van der Waals surface area (Å²) in [5.41, 5.74) is 2.84. The predicted molar refractivity (Wildman–Crippen MR) is 128 cm³/mol. The molecule has 0 aliphatic heterocycles. The normalized spacial score (nSPS) is 12.2. The molecule has 2 aromatic rings. The largest absolute Gasteiger partial charge is 0.355 e. The van der Waals surface area contributed by atoms with Gasteiger partial charge in [-0.05, 0) is 56.5 Å². The SMILES string of the molecule is CCNC(=O)[C@H](C)N(Cc1ccccc1C)C(=O)CN(c1cc(Cl)ccc1C)S(C)(=O)=O. The van der Waals surface area contributed by atoms with Gasteiger partial charge in [-0.2, -0.15) is 0 Å². The van der Waals surface area contributed by atoms with E-state index in [4.69, 9.17) is 11.6 Å². The minimum atomic E-state index is -3.80. The van der Waals surface area contributed by atoms with Crippen LogP contribution in [0.1, 0.15) is 30.5 Å². The Labute approximate surface area is 195 Å². The highest BCUT2D eigenvalue weighted by Crippen LogP contribution is 2.26. The molecule has 2 rings (SSSR count). The third-order valence-electron chi connectivity index (χ3n) is 5.24. The van der Waals surface area contributed by atoms with Crippen molar-refractivity contribution in [2.45, 2.75) is 40.3 Å². The van der Waals surface area contributed by atoms with E-state index in [0.717, 1.165) is 21.7 Å². The first-order chi connectivity index (χ1) is 15.0. The molecule has 174 valence electrons. The lowest BCUT2D eigenvalue weighted by Crippen LogP contribution is -2.51. The highest BCUT2D eigenvalue weighted by molar-refractivity contribution is 7.92. The average Bonchev–Trinajstić information content (AvgIpc) is 2.72. The molecule has 7 nitrogen and oxygen atoms in total. The van der Waals surface area contributed by atoms with E-state index in [1.54, 1.807) is 32.9 Å². The lowest BCUT2D eigenvalue weighted by molar-refractivity contribution is -0.139. The molecule has 0 radical (unpaired) electrons. The number of benzene rings is 2. The Morgan fingerprint density at radius 2 is 1.75 bits per heavy atom. The van der Waals surface area contributed by atoms with E-state index in [1.807, 2.05) is 31.2 Å². The summed E-state index contributed by atoms with van der Waals surface area (Å²) in [5.74, 6) is -0.795. The van der Waals surface area contributed by atoms with Gasteiger partial charge in [0, 0.05) is 18.1 Å². The molecule has 32 heavy (non-hydrogen) atoms. The molecule has 0 spiro atoms. The molecule has 0 fully saturated rings. The molecule has 1 N–H and O–H groups in total. The van der Waals surface area contributed by atoms with Crippen LogP contribution in [0.15, 0.2) is 42.5 Å². The number of carbonyl (C=O) groups is 2. The van der Waals surface area contributed by atoms with Gasteiger partial charge in [0.25, 0.3) is 0 Å². The predicted octanol–water partition coefficient (Wildman–Crippen LogP) is 3.28. The number of anilines is 1. The quantitative estimate of drug-likeness (QED) is 0.598. The first-order valence-electron chi connectivity index (χ1n) is 10.3. The minimum absolute atomic E-state index is 0.177. The van der Waals surface area contributed by atoms with Crippen molar-refractivity contribution < 1.29 is 18.0 Å². The molecule has 0 heterocycles. The molecule has 0 aromatic heterocycles. The van der Waals surface area contributed by atoms with Crippen LogP contribution in [0.5, 0.6) is 0 Å². The Morgan fingerprint density at radius 1 is 1.09 bits per heavy atom. The van der Waals surface area contributed by atoms with Gasteiger partial charge in [-0.3, -0.25) is 13.9 Å². The number of nitrogens with zero attached hydrogens (tertiary/aromatic N) is 2. The van der Waals surface area contributed by atoms with Crippen molar-refractivity contribution in [1.29, 1.82) is 0 Å². The first kappa shape index (κ1) is 25.7. The fraction of sp³-hybridized carbons (Fsp3) is 0.391. The van der Waals surface area contributed by atoms with Crippen molar-refractivity contribution >= 4 is 39.1 Å². The highest BCUT2D eigenvalue weighted by Gasteiger charge is 2.30. The summed E-state index contributed by atoms with van der Waals surface area (Å²) >= 11 is 6.09. The van der Waals surface area contributed by atoms with E-state index in [0.29, 0.717) is 22.8 Å². The van der Waals surface area contributed by atoms with Crippen molar-refractivity contribution in [3.8, 4) is 0 Å². The smallest absolute Gasteiger partial charge is 0.244 e. The monoisotopic (exact) mass is 479 g/mol. The van der Waals surface area contributed by atoms with Crippen LogP contribution in [0.3, 0.4) is 0 Å². The number of hydrogen-bond donors (Lipinski definition) is 1. The Hall–Kier alpha value is -2.58. The van der Waals surface area contributed by atoms with Crippen LogP contribution in [-0.2, 0) is 26.2 Å². The number of nitrogens with one attached hydrogen (secondary N) is 1. The summed E-state index contributed by atoms with van der Waals surface area (Å²) < 4.78 is 26.2. The van der Waals surface area contributed by atoms with E-state index in [1.165, 1.54) is 11.0 Å². The molecule has 1 atom stereocenters. The van der Waals surface area contributed by atoms with Crippen LogP contribution < -0.4 is 9.62 Å².